The second-order valence-electron chi connectivity index (χ2n) is 4.68. The summed E-state index contributed by atoms with van der Waals surface area (Å²) in [7, 11) is 0. The van der Waals surface area contributed by atoms with Crippen LogP contribution < -0.4 is 0 Å². The van der Waals surface area contributed by atoms with E-state index in [0.29, 0.717) is 12.2 Å². The molecule has 0 atom stereocenters. The van der Waals surface area contributed by atoms with Gasteiger partial charge in [0.2, 0.25) is 0 Å². The third-order valence-electron chi connectivity index (χ3n) is 2.95. The molecule has 0 aliphatic heterocycles. The highest BCUT2D eigenvalue weighted by atomic mass is 127. The van der Waals surface area contributed by atoms with Crippen molar-refractivity contribution in [2.75, 3.05) is 6.61 Å². The molecule has 2 rings (SSSR count). The van der Waals surface area contributed by atoms with E-state index in [1.807, 2.05) is 30.3 Å². The van der Waals surface area contributed by atoms with Crippen LogP contribution in [0, 0.1) is 3.57 Å². The number of aliphatic carboxylic acids is 1. The number of carbonyl (C=O) groups is 2. The highest BCUT2D eigenvalue weighted by Crippen LogP contribution is 2.32. The molecule has 0 saturated heterocycles. The highest BCUT2D eigenvalue weighted by Gasteiger charge is 2.10. The number of hydrogen-bond acceptors (Lipinski definition) is 4. The smallest absolute Gasteiger partial charge is 0.338 e. The maximum absolute atomic E-state index is 11.7. The van der Waals surface area contributed by atoms with E-state index in [1.54, 1.807) is 30.8 Å². The SMILES string of the molecule is CCOC(=O)c1ccc(Sc2ccc(CC(=O)O)cc2)c(I)c1. The Balaban J connectivity index is 2.11. The predicted octanol–water partition coefficient (Wildman–Crippen LogP) is 4.25. The van der Waals surface area contributed by atoms with E-state index >= 15 is 0 Å². The maximum atomic E-state index is 11.7. The minimum absolute atomic E-state index is 0.0245. The Morgan fingerprint density at radius 2 is 1.87 bits per heavy atom. The van der Waals surface area contributed by atoms with Gasteiger partial charge in [-0.05, 0) is 65.4 Å². The van der Waals surface area contributed by atoms with E-state index < -0.39 is 5.97 Å². The average molecular weight is 442 g/mol. The third kappa shape index (κ3) is 5.24. The molecule has 0 saturated carbocycles. The van der Waals surface area contributed by atoms with Crippen molar-refractivity contribution < 1.29 is 19.4 Å². The van der Waals surface area contributed by atoms with Crippen LogP contribution in [-0.4, -0.2) is 23.7 Å². The van der Waals surface area contributed by atoms with E-state index in [4.69, 9.17) is 9.84 Å². The van der Waals surface area contributed by atoms with Crippen molar-refractivity contribution in [2.24, 2.45) is 0 Å². The molecular weight excluding hydrogens is 427 g/mol. The van der Waals surface area contributed by atoms with Gasteiger partial charge in [-0.25, -0.2) is 4.79 Å². The van der Waals surface area contributed by atoms with Gasteiger partial charge in [0.15, 0.2) is 0 Å². The van der Waals surface area contributed by atoms with Gasteiger partial charge in [-0.1, -0.05) is 23.9 Å². The number of hydrogen-bond donors (Lipinski definition) is 1. The fraction of sp³-hybridized carbons (Fsp3) is 0.176. The summed E-state index contributed by atoms with van der Waals surface area (Å²) >= 11 is 3.76. The minimum Gasteiger partial charge on any atom is -0.481 e. The van der Waals surface area contributed by atoms with Crippen molar-refractivity contribution in [2.45, 2.75) is 23.1 Å². The first-order valence-corrected chi connectivity index (χ1v) is 8.84. The molecule has 0 radical (unpaired) electrons. The first kappa shape index (κ1) is 17.8. The molecule has 2 aromatic rings. The summed E-state index contributed by atoms with van der Waals surface area (Å²) in [6.07, 6.45) is 0.0245. The molecule has 0 aliphatic carbocycles. The van der Waals surface area contributed by atoms with Crippen LogP contribution in [0.5, 0.6) is 0 Å². The van der Waals surface area contributed by atoms with Gasteiger partial charge < -0.3 is 9.84 Å². The lowest BCUT2D eigenvalue weighted by Gasteiger charge is -2.07. The van der Waals surface area contributed by atoms with E-state index in [2.05, 4.69) is 22.6 Å². The van der Waals surface area contributed by atoms with Crippen LogP contribution in [0.15, 0.2) is 52.3 Å². The fourth-order valence-corrected chi connectivity index (χ4v) is 3.57. The molecule has 1 N–H and O–H groups in total. The number of benzene rings is 2. The Morgan fingerprint density at radius 3 is 2.43 bits per heavy atom. The zero-order chi connectivity index (χ0) is 16.8. The molecule has 0 amide bonds. The number of carboxylic acid groups (broad SMARTS) is 1. The van der Waals surface area contributed by atoms with E-state index in [1.165, 1.54) is 0 Å². The quantitative estimate of drug-likeness (QED) is 0.536. The van der Waals surface area contributed by atoms with Gasteiger partial charge in [-0.3, -0.25) is 4.79 Å². The Bertz CT molecular complexity index is 713. The van der Waals surface area contributed by atoms with Crippen molar-refractivity contribution >= 4 is 46.3 Å². The summed E-state index contributed by atoms with van der Waals surface area (Å²) in [6, 6.07) is 12.9. The number of rotatable bonds is 6. The third-order valence-corrected chi connectivity index (χ3v) is 5.29. The van der Waals surface area contributed by atoms with Crippen LogP contribution in [0.3, 0.4) is 0 Å². The van der Waals surface area contributed by atoms with Crippen LogP contribution >= 0.6 is 34.4 Å². The first-order chi connectivity index (χ1) is 11.0. The van der Waals surface area contributed by atoms with Gasteiger partial charge in [0.25, 0.3) is 0 Å². The van der Waals surface area contributed by atoms with Gasteiger partial charge in [0.05, 0.1) is 18.6 Å². The van der Waals surface area contributed by atoms with E-state index in [0.717, 1.165) is 18.9 Å². The molecule has 0 aliphatic rings. The van der Waals surface area contributed by atoms with Gasteiger partial charge in [-0.2, -0.15) is 0 Å². The summed E-state index contributed by atoms with van der Waals surface area (Å²) in [5.74, 6) is -1.16. The topological polar surface area (TPSA) is 63.6 Å². The second-order valence-corrected chi connectivity index (χ2v) is 6.96. The maximum Gasteiger partial charge on any atom is 0.338 e. The Kier molecular flexibility index (Phi) is 6.47. The molecule has 6 heteroatoms. The summed E-state index contributed by atoms with van der Waals surface area (Å²) < 4.78 is 5.95. The summed E-state index contributed by atoms with van der Waals surface area (Å²) in [4.78, 5) is 24.4. The first-order valence-electron chi connectivity index (χ1n) is 6.95. The summed E-state index contributed by atoms with van der Waals surface area (Å²) in [5, 5.41) is 8.77. The zero-order valence-corrected chi connectivity index (χ0v) is 15.4. The molecule has 4 nitrogen and oxygen atoms in total. The van der Waals surface area contributed by atoms with Crippen molar-refractivity contribution in [3.05, 3.63) is 57.2 Å². The molecule has 0 aromatic heterocycles. The van der Waals surface area contributed by atoms with Crippen molar-refractivity contribution in [1.29, 1.82) is 0 Å². The molecule has 0 bridgehead atoms. The lowest BCUT2D eigenvalue weighted by atomic mass is 10.2. The lowest BCUT2D eigenvalue weighted by molar-refractivity contribution is -0.136. The van der Waals surface area contributed by atoms with Crippen LogP contribution in [0.2, 0.25) is 0 Å². The van der Waals surface area contributed by atoms with Gasteiger partial charge in [-0.15, -0.1) is 0 Å². The summed E-state index contributed by atoms with van der Waals surface area (Å²) in [5.41, 5.74) is 1.31. The molecule has 0 spiro atoms. The van der Waals surface area contributed by atoms with Gasteiger partial charge >= 0.3 is 11.9 Å². The number of carbonyl (C=O) groups excluding carboxylic acids is 1. The van der Waals surface area contributed by atoms with E-state index in [-0.39, 0.29) is 12.4 Å². The Labute approximate surface area is 152 Å². The molecule has 0 unspecified atom stereocenters. The number of carboxylic acids is 1. The lowest BCUT2D eigenvalue weighted by Crippen LogP contribution is -2.04. The van der Waals surface area contributed by atoms with Crippen LogP contribution in [-0.2, 0) is 16.0 Å². The number of ether oxygens (including phenoxy) is 1. The average Bonchev–Trinajstić information content (AvgIpc) is 2.51. The Morgan fingerprint density at radius 1 is 1.17 bits per heavy atom. The van der Waals surface area contributed by atoms with Crippen LogP contribution in [0.1, 0.15) is 22.8 Å². The largest absolute Gasteiger partial charge is 0.481 e. The molecular formula is C17H15IO4S. The molecule has 23 heavy (non-hydrogen) atoms. The predicted molar refractivity (Wildman–Crippen MR) is 97.0 cm³/mol. The van der Waals surface area contributed by atoms with Crippen LogP contribution in [0.25, 0.3) is 0 Å². The monoisotopic (exact) mass is 442 g/mol. The highest BCUT2D eigenvalue weighted by molar-refractivity contribution is 14.1. The summed E-state index contributed by atoms with van der Waals surface area (Å²) in [6.45, 7) is 2.13. The standard InChI is InChI=1S/C17H15IO4S/c1-2-22-17(21)12-5-8-15(14(18)10-12)23-13-6-3-11(4-7-13)9-16(19)20/h3-8,10H,2,9H2,1H3,(H,19,20). The van der Waals surface area contributed by atoms with Crippen molar-refractivity contribution in [1.82, 2.24) is 0 Å². The van der Waals surface area contributed by atoms with Gasteiger partial charge in [0, 0.05) is 13.4 Å². The number of esters is 1. The van der Waals surface area contributed by atoms with Crippen molar-refractivity contribution in [3.63, 3.8) is 0 Å². The fourth-order valence-electron chi connectivity index (χ4n) is 1.90. The van der Waals surface area contributed by atoms with Gasteiger partial charge in [0.1, 0.15) is 0 Å². The van der Waals surface area contributed by atoms with Crippen molar-refractivity contribution in [3.8, 4) is 0 Å². The Hall–Kier alpha value is -1.54. The molecule has 2 aromatic carbocycles. The minimum atomic E-state index is -0.838. The van der Waals surface area contributed by atoms with E-state index in [9.17, 15) is 9.59 Å². The normalized spacial score (nSPS) is 10.3. The van der Waals surface area contributed by atoms with Crippen LogP contribution in [0.4, 0.5) is 0 Å². The number of halogens is 1. The molecule has 0 fully saturated rings. The molecule has 0 heterocycles. The second kappa shape index (κ2) is 8.35. The molecule has 120 valence electrons. The zero-order valence-electron chi connectivity index (χ0n) is 12.4.